The van der Waals surface area contributed by atoms with Crippen molar-refractivity contribution < 1.29 is 63.0 Å². The number of hydrogen-bond donors (Lipinski definition) is 13. The van der Waals surface area contributed by atoms with Crippen molar-refractivity contribution in [3.8, 4) is 0 Å². The van der Waals surface area contributed by atoms with Crippen LogP contribution < -0.4 is 59.7 Å². The Labute approximate surface area is 395 Å². The van der Waals surface area contributed by atoms with Crippen LogP contribution in [0, 0.1) is 17.8 Å². The maximum absolute atomic E-state index is 13.7. The molecule has 9 atom stereocenters. The molecular formula is C44H71N11O13. The Kier molecular flexibility index (Phi) is 25.4. The SMILES string of the molecule is CC(C)C[C@H](NC(=O)[C@H](CCC(N)=O)NC(=O)[C@H](CC(N)=O)NC(=O)CNC(=O)[C@@H](NC(=O)[C@H](CC(C)C)NC(=O)[C@@H](N)Cc1ccccc1)[C@@H](C)O)C(=O)N[C@@H](C)C(=O)N[C@H](C(=O)O)C(C)C. The molecule has 0 aliphatic carbocycles. The third-order valence-electron chi connectivity index (χ3n) is 10.2. The normalized spacial score (nSPS) is 15.1. The van der Waals surface area contributed by atoms with E-state index in [4.69, 9.17) is 17.2 Å². The first-order valence-corrected chi connectivity index (χ1v) is 22.3. The highest BCUT2D eigenvalue weighted by atomic mass is 16.4. The van der Waals surface area contributed by atoms with Crippen LogP contribution in [0.5, 0.6) is 0 Å². The van der Waals surface area contributed by atoms with Gasteiger partial charge in [-0.1, -0.05) is 71.9 Å². The predicted molar refractivity (Wildman–Crippen MR) is 246 cm³/mol. The molecule has 0 aliphatic heterocycles. The van der Waals surface area contributed by atoms with Gasteiger partial charge in [-0.15, -0.1) is 0 Å². The average molecular weight is 962 g/mol. The largest absolute Gasteiger partial charge is 0.480 e. The predicted octanol–water partition coefficient (Wildman–Crippen LogP) is -3.56. The lowest BCUT2D eigenvalue weighted by molar-refractivity contribution is -0.143. The van der Waals surface area contributed by atoms with E-state index in [0.29, 0.717) is 0 Å². The van der Waals surface area contributed by atoms with E-state index in [0.717, 1.165) is 5.56 Å². The average Bonchev–Trinajstić information content (AvgIpc) is 3.23. The number of hydrogen-bond acceptors (Lipinski definition) is 13. The second-order valence-corrected chi connectivity index (χ2v) is 17.8. The third-order valence-corrected chi connectivity index (χ3v) is 10.2. The van der Waals surface area contributed by atoms with Gasteiger partial charge in [0.05, 0.1) is 25.1 Å². The van der Waals surface area contributed by atoms with E-state index in [1.54, 1.807) is 71.9 Å². The van der Waals surface area contributed by atoms with Gasteiger partial charge in [-0.3, -0.25) is 47.9 Å². The van der Waals surface area contributed by atoms with Crippen LogP contribution in [-0.2, 0) is 59.2 Å². The molecule has 24 heteroatoms. The minimum atomic E-state index is -1.77. The number of benzene rings is 1. The highest BCUT2D eigenvalue weighted by Gasteiger charge is 2.35. The smallest absolute Gasteiger partial charge is 0.326 e. The Bertz CT molecular complexity index is 1930. The molecule has 380 valence electrons. The molecule has 1 rings (SSSR count). The van der Waals surface area contributed by atoms with E-state index in [-0.39, 0.29) is 31.1 Å². The monoisotopic (exact) mass is 962 g/mol. The number of nitrogens with one attached hydrogen (secondary N) is 8. The lowest BCUT2D eigenvalue weighted by Crippen LogP contribution is -2.60. The van der Waals surface area contributed by atoms with Gasteiger partial charge in [0, 0.05) is 6.42 Å². The number of aliphatic hydroxyl groups excluding tert-OH is 1. The van der Waals surface area contributed by atoms with Gasteiger partial charge >= 0.3 is 5.97 Å². The molecule has 68 heavy (non-hydrogen) atoms. The summed E-state index contributed by atoms with van der Waals surface area (Å²) in [6.45, 7) is 11.8. The summed E-state index contributed by atoms with van der Waals surface area (Å²) in [5, 5.41) is 38.9. The molecule has 0 aromatic heterocycles. The lowest BCUT2D eigenvalue weighted by Gasteiger charge is -2.27. The first kappa shape index (κ1) is 59.3. The first-order valence-electron chi connectivity index (χ1n) is 22.3. The Morgan fingerprint density at radius 3 is 1.53 bits per heavy atom. The molecule has 24 nitrogen and oxygen atoms in total. The topological polar surface area (TPSA) is 403 Å². The zero-order valence-electron chi connectivity index (χ0n) is 39.9. The van der Waals surface area contributed by atoms with Gasteiger partial charge in [0.15, 0.2) is 0 Å². The number of nitrogens with two attached hydrogens (primary N) is 3. The molecule has 0 bridgehead atoms. The van der Waals surface area contributed by atoms with E-state index in [1.807, 2.05) is 0 Å². The van der Waals surface area contributed by atoms with E-state index in [9.17, 15) is 63.0 Å². The lowest BCUT2D eigenvalue weighted by atomic mass is 10.0. The van der Waals surface area contributed by atoms with E-state index in [1.165, 1.54) is 13.8 Å². The Morgan fingerprint density at radius 2 is 1.04 bits per heavy atom. The fraction of sp³-hybridized carbons (Fsp3) is 0.614. The number of primary amides is 2. The molecule has 0 saturated carbocycles. The number of aliphatic carboxylic acids is 1. The Hall–Kier alpha value is -6.69. The van der Waals surface area contributed by atoms with Crippen molar-refractivity contribution in [3.05, 3.63) is 35.9 Å². The van der Waals surface area contributed by atoms with Crippen molar-refractivity contribution in [3.63, 3.8) is 0 Å². The number of aliphatic hydroxyl groups is 1. The molecule has 0 aliphatic rings. The molecule has 0 fully saturated rings. The summed E-state index contributed by atoms with van der Waals surface area (Å²) < 4.78 is 0. The maximum atomic E-state index is 13.7. The second kappa shape index (κ2) is 29.2. The van der Waals surface area contributed by atoms with Gasteiger partial charge in [0.25, 0.3) is 0 Å². The molecular weight excluding hydrogens is 891 g/mol. The third kappa shape index (κ3) is 22.2. The highest BCUT2D eigenvalue weighted by molar-refractivity contribution is 5.98. The van der Waals surface area contributed by atoms with Gasteiger partial charge < -0.3 is 69.9 Å². The molecule has 0 heterocycles. The summed E-state index contributed by atoms with van der Waals surface area (Å²) in [4.78, 5) is 142. The van der Waals surface area contributed by atoms with Gasteiger partial charge in [-0.25, -0.2) is 4.79 Å². The molecule has 10 amide bonds. The summed E-state index contributed by atoms with van der Waals surface area (Å²) in [6, 6.07) is -2.09. The Balaban J connectivity index is 3.15. The van der Waals surface area contributed by atoms with E-state index < -0.39 is 151 Å². The summed E-state index contributed by atoms with van der Waals surface area (Å²) >= 11 is 0. The van der Waals surface area contributed by atoms with Crippen LogP contribution in [0.1, 0.15) is 93.1 Å². The number of rotatable bonds is 30. The van der Waals surface area contributed by atoms with Crippen molar-refractivity contribution in [1.82, 2.24) is 42.5 Å². The number of carboxylic acid groups (broad SMARTS) is 1. The van der Waals surface area contributed by atoms with Gasteiger partial charge in [-0.05, 0) is 62.8 Å². The molecule has 0 saturated heterocycles. The van der Waals surface area contributed by atoms with Crippen LogP contribution in [0.4, 0.5) is 0 Å². The van der Waals surface area contributed by atoms with Crippen LogP contribution in [0.25, 0.3) is 0 Å². The number of carbonyl (C=O) groups excluding carboxylic acids is 10. The zero-order chi connectivity index (χ0) is 52.0. The summed E-state index contributed by atoms with van der Waals surface area (Å²) in [7, 11) is 0. The van der Waals surface area contributed by atoms with Crippen molar-refractivity contribution in [1.29, 1.82) is 0 Å². The minimum absolute atomic E-state index is 0.0107. The van der Waals surface area contributed by atoms with Gasteiger partial charge in [0.1, 0.15) is 42.3 Å². The van der Waals surface area contributed by atoms with Crippen LogP contribution in [0.15, 0.2) is 30.3 Å². The van der Waals surface area contributed by atoms with E-state index in [2.05, 4.69) is 42.5 Å². The number of amides is 10. The summed E-state index contributed by atoms with van der Waals surface area (Å²) in [5.74, 6) is -11.5. The second-order valence-electron chi connectivity index (χ2n) is 17.8. The fourth-order valence-corrected chi connectivity index (χ4v) is 6.51. The van der Waals surface area contributed by atoms with Crippen LogP contribution in [-0.4, -0.2) is 136 Å². The maximum Gasteiger partial charge on any atom is 0.326 e. The van der Waals surface area contributed by atoms with Crippen LogP contribution in [0.2, 0.25) is 0 Å². The minimum Gasteiger partial charge on any atom is -0.480 e. The van der Waals surface area contributed by atoms with Crippen molar-refractivity contribution in [2.24, 2.45) is 35.0 Å². The van der Waals surface area contributed by atoms with Gasteiger partial charge in [-0.2, -0.15) is 0 Å². The molecule has 1 aromatic carbocycles. The molecule has 16 N–H and O–H groups in total. The fourth-order valence-electron chi connectivity index (χ4n) is 6.51. The van der Waals surface area contributed by atoms with Gasteiger partial charge in [0.2, 0.25) is 59.1 Å². The summed E-state index contributed by atoms with van der Waals surface area (Å²) in [5.41, 5.74) is 17.6. The number of carboxylic acids is 1. The highest BCUT2D eigenvalue weighted by Crippen LogP contribution is 2.11. The van der Waals surface area contributed by atoms with Crippen molar-refractivity contribution in [2.45, 2.75) is 148 Å². The molecule has 1 aromatic rings. The van der Waals surface area contributed by atoms with Crippen molar-refractivity contribution >= 4 is 65.0 Å². The number of carbonyl (C=O) groups is 11. The van der Waals surface area contributed by atoms with Crippen LogP contribution in [0.3, 0.4) is 0 Å². The molecule has 0 radical (unpaired) electrons. The van der Waals surface area contributed by atoms with Crippen molar-refractivity contribution in [2.75, 3.05) is 6.54 Å². The Morgan fingerprint density at radius 1 is 0.559 bits per heavy atom. The molecule has 0 spiro atoms. The molecule has 0 unspecified atom stereocenters. The zero-order valence-corrected chi connectivity index (χ0v) is 39.9. The quantitative estimate of drug-likeness (QED) is 0.0355. The first-order chi connectivity index (χ1) is 31.6. The standard InChI is InChI=1S/C44H71N11O13/c1-21(2)16-29(40(63)49-24(7)37(60)54-35(23(5)6)44(67)68)53-39(62)28(14-15-32(46)57)51-41(64)31(19-33(47)58)50-34(59)20-48-43(66)36(25(8)56)55-42(65)30(17-22(3)4)52-38(61)27(45)18-26-12-10-9-11-13-26/h9-13,21-25,27-31,35-36,56H,14-20,45H2,1-8H3,(H2,46,57)(H2,47,58)(H,48,66)(H,49,63)(H,50,59)(H,51,64)(H,52,61)(H,53,62)(H,54,60)(H,55,65)(H,67,68)/t24-,25+,27-,28-,29-,30-,31-,35-,36-/m0/s1. The van der Waals surface area contributed by atoms with E-state index >= 15 is 0 Å². The summed E-state index contributed by atoms with van der Waals surface area (Å²) in [6.07, 6.45) is -2.90. The van der Waals surface area contributed by atoms with Crippen LogP contribution >= 0.6 is 0 Å².